The first kappa shape index (κ1) is 30.5. The average molecular weight is 662 g/mol. The molecule has 6 aliphatic rings. The maximum atomic E-state index is 7.28. The number of hydrogen-bond acceptors (Lipinski definition) is 2. The van der Waals surface area contributed by atoms with Crippen LogP contribution in [0.4, 0.5) is 5.69 Å². The van der Waals surface area contributed by atoms with Gasteiger partial charge in [0.1, 0.15) is 5.76 Å². The summed E-state index contributed by atoms with van der Waals surface area (Å²) in [6, 6.07) is 28.5. The molecule has 2 nitrogen and oxygen atoms in total. The minimum atomic E-state index is 0.0809. The number of anilines is 1. The van der Waals surface area contributed by atoms with E-state index < -0.39 is 0 Å². The predicted octanol–water partition coefficient (Wildman–Crippen LogP) is 12.6. The fourth-order valence-corrected chi connectivity index (χ4v) is 9.92. The normalized spacial score (nSPS) is 26.6. The summed E-state index contributed by atoms with van der Waals surface area (Å²) in [5.74, 6) is 2.62. The van der Waals surface area contributed by atoms with E-state index in [4.69, 9.17) is 4.42 Å². The maximum Gasteiger partial charge on any atom is 0.158 e. The number of allylic oxidation sites excluding steroid dienone is 15. The van der Waals surface area contributed by atoms with Crippen molar-refractivity contribution in [3.05, 3.63) is 197 Å². The quantitative estimate of drug-likeness (QED) is 0.212. The Bertz CT molecular complexity index is 2330. The number of benzene rings is 3. The van der Waals surface area contributed by atoms with E-state index in [1.807, 2.05) is 0 Å². The first-order valence-electron chi connectivity index (χ1n) is 18.8. The van der Waals surface area contributed by atoms with Crippen molar-refractivity contribution in [1.82, 2.24) is 0 Å². The van der Waals surface area contributed by atoms with E-state index in [2.05, 4.69) is 177 Å². The third-order valence-electron chi connectivity index (χ3n) is 12.4. The molecule has 1 heterocycles. The molecule has 51 heavy (non-hydrogen) atoms. The summed E-state index contributed by atoms with van der Waals surface area (Å²) in [7, 11) is 0. The summed E-state index contributed by atoms with van der Waals surface area (Å²) in [5, 5.41) is 1.20. The SMILES string of the molecule is CC1(C)C2=C(CCC=C2)C2c3oc4c(N(C5=CCC(c6ccccc6)C=C5)C5=CC=C(c6ccccc6)C6C=CC=CC56)cccc4c3C=C[C@@H]21. The largest absolute Gasteiger partial charge is 0.458 e. The molecule has 0 spiro atoms. The lowest BCUT2D eigenvalue weighted by Gasteiger charge is -2.39. The van der Waals surface area contributed by atoms with E-state index >= 15 is 0 Å². The summed E-state index contributed by atoms with van der Waals surface area (Å²) < 4.78 is 7.28. The van der Waals surface area contributed by atoms with Crippen LogP contribution in [0, 0.1) is 23.2 Å². The van der Waals surface area contributed by atoms with Gasteiger partial charge in [0.2, 0.25) is 0 Å². The second-order valence-corrected chi connectivity index (χ2v) is 15.5. The second kappa shape index (κ2) is 11.9. The van der Waals surface area contributed by atoms with Gasteiger partial charge in [0.25, 0.3) is 0 Å². The Labute approximate surface area is 301 Å². The summed E-state index contributed by atoms with van der Waals surface area (Å²) in [6.45, 7) is 4.85. The van der Waals surface area contributed by atoms with Crippen molar-refractivity contribution in [2.75, 3.05) is 4.90 Å². The molecule has 0 fully saturated rings. The Morgan fingerprint density at radius 2 is 1.57 bits per heavy atom. The fraction of sp³-hybridized carbons (Fsp3) is 0.224. The zero-order valence-electron chi connectivity index (χ0n) is 29.4. The minimum absolute atomic E-state index is 0.0809. The van der Waals surface area contributed by atoms with Crippen molar-refractivity contribution in [1.29, 1.82) is 0 Å². The van der Waals surface area contributed by atoms with Crippen molar-refractivity contribution < 1.29 is 4.42 Å². The van der Waals surface area contributed by atoms with Crippen LogP contribution in [0.1, 0.15) is 67.4 Å². The fourth-order valence-electron chi connectivity index (χ4n) is 9.92. The molecule has 0 saturated carbocycles. The van der Waals surface area contributed by atoms with Gasteiger partial charge in [-0.15, -0.1) is 0 Å². The standard InChI is InChI=1S/C49H43NO/c1-49(2)42-22-12-11-20-41(42)46-43(49)30-28-40-39-21-13-23-45(47(39)51-48(40)46)50(35-26-24-33(25-27-35)32-14-5-3-6-15-32)44-31-29-36(34-16-7-4-8-17-34)37-18-9-10-19-38(37)44/h3-10,12-19,21-24,26-31,33,37-38,43,46H,11,20,25H2,1-2H3/t33?,37?,38?,43-,46?/m0/s1. The molecule has 250 valence electrons. The lowest BCUT2D eigenvalue weighted by Crippen LogP contribution is -2.32. The molecule has 0 saturated heterocycles. The first-order chi connectivity index (χ1) is 25.1. The van der Waals surface area contributed by atoms with E-state index in [0.717, 1.165) is 36.3 Å². The van der Waals surface area contributed by atoms with Crippen molar-refractivity contribution in [2.24, 2.45) is 23.2 Å². The number of rotatable bonds is 5. The van der Waals surface area contributed by atoms with Crippen LogP contribution in [0.15, 0.2) is 179 Å². The van der Waals surface area contributed by atoms with Gasteiger partial charge < -0.3 is 9.32 Å². The van der Waals surface area contributed by atoms with E-state index in [0.29, 0.717) is 11.8 Å². The van der Waals surface area contributed by atoms with Crippen LogP contribution in [0.3, 0.4) is 0 Å². The molecule has 5 atom stereocenters. The van der Waals surface area contributed by atoms with Crippen LogP contribution in [0.2, 0.25) is 0 Å². The summed E-state index contributed by atoms with van der Waals surface area (Å²) in [4.78, 5) is 2.52. The molecular formula is C49H43NO. The highest BCUT2D eigenvalue weighted by molar-refractivity contribution is 5.99. The van der Waals surface area contributed by atoms with Gasteiger partial charge in [0, 0.05) is 46.0 Å². The van der Waals surface area contributed by atoms with Crippen LogP contribution in [-0.4, -0.2) is 0 Å². The van der Waals surface area contributed by atoms with Gasteiger partial charge in [-0.2, -0.15) is 0 Å². The van der Waals surface area contributed by atoms with Gasteiger partial charge in [-0.3, -0.25) is 0 Å². The Kier molecular flexibility index (Phi) is 7.10. The molecule has 4 unspecified atom stereocenters. The zero-order chi connectivity index (χ0) is 34.1. The van der Waals surface area contributed by atoms with Crippen LogP contribution < -0.4 is 4.90 Å². The first-order valence-corrected chi connectivity index (χ1v) is 18.8. The third-order valence-corrected chi connectivity index (χ3v) is 12.4. The molecule has 6 aliphatic carbocycles. The Hall–Kier alpha value is -5.34. The molecular weight excluding hydrogens is 619 g/mol. The number of hydrogen-bond donors (Lipinski definition) is 0. The Balaban J connectivity index is 1.14. The van der Waals surface area contributed by atoms with Gasteiger partial charge in [-0.25, -0.2) is 0 Å². The van der Waals surface area contributed by atoms with Gasteiger partial charge in [-0.05, 0) is 71.1 Å². The minimum Gasteiger partial charge on any atom is -0.458 e. The molecule has 0 bridgehead atoms. The highest BCUT2D eigenvalue weighted by Crippen LogP contribution is 2.61. The third kappa shape index (κ3) is 4.76. The van der Waals surface area contributed by atoms with Gasteiger partial charge in [0.15, 0.2) is 5.58 Å². The molecule has 4 aromatic rings. The topological polar surface area (TPSA) is 16.4 Å². The van der Waals surface area contributed by atoms with Crippen molar-refractivity contribution in [3.63, 3.8) is 0 Å². The predicted molar refractivity (Wildman–Crippen MR) is 212 cm³/mol. The highest BCUT2D eigenvalue weighted by atomic mass is 16.3. The summed E-state index contributed by atoms with van der Waals surface area (Å²) >= 11 is 0. The lowest BCUT2D eigenvalue weighted by atomic mass is 9.71. The molecule has 0 radical (unpaired) electrons. The van der Waals surface area contributed by atoms with Crippen LogP contribution in [0.5, 0.6) is 0 Å². The Morgan fingerprint density at radius 3 is 2.37 bits per heavy atom. The van der Waals surface area contributed by atoms with Gasteiger partial charge in [0.05, 0.1) is 5.69 Å². The highest BCUT2D eigenvalue weighted by Gasteiger charge is 2.50. The van der Waals surface area contributed by atoms with Crippen LogP contribution >= 0.6 is 0 Å². The molecule has 2 heteroatoms. The lowest BCUT2D eigenvalue weighted by molar-refractivity contribution is 0.312. The van der Waals surface area contributed by atoms with E-state index in [-0.39, 0.29) is 23.2 Å². The zero-order valence-corrected chi connectivity index (χ0v) is 29.4. The van der Waals surface area contributed by atoms with Gasteiger partial charge >= 0.3 is 0 Å². The summed E-state index contributed by atoms with van der Waals surface area (Å²) in [5.41, 5.74) is 13.0. The molecule has 10 rings (SSSR count). The average Bonchev–Trinajstić information content (AvgIpc) is 3.69. The van der Waals surface area contributed by atoms with Crippen molar-refractivity contribution in [2.45, 2.75) is 44.9 Å². The number of furan rings is 1. The number of nitrogens with zero attached hydrogens (tertiary/aromatic N) is 1. The van der Waals surface area contributed by atoms with E-state index in [9.17, 15) is 0 Å². The smallest absolute Gasteiger partial charge is 0.158 e. The van der Waals surface area contributed by atoms with Crippen LogP contribution in [-0.2, 0) is 0 Å². The molecule has 0 aliphatic heterocycles. The van der Waals surface area contributed by atoms with E-state index in [1.165, 1.54) is 44.6 Å². The van der Waals surface area contributed by atoms with Crippen molar-refractivity contribution >= 4 is 28.3 Å². The Morgan fingerprint density at radius 1 is 0.765 bits per heavy atom. The number of fused-ring (bicyclic) bond motifs is 7. The molecule has 0 N–H and O–H groups in total. The van der Waals surface area contributed by atoms with E-state index in [1.54, 1.807) is 5.57 Å². The van der Waals surface area contributed by atoms with Crippen LogP contribution in [0.25, 0.3) is 22.6 Å². The molecule has 3 aromatic carbocycles. The van der Waals surface area contributed by atoms with Gasteiger partial charge in [-0.1, -0.05) is 159 Å². The maximum absolute atomic E-state index is 7.28. The molecule has 1 aromatic heterocycles. The summed E-state index contributed by atoms with van der Waals surface area (Å²) in [6.07, 6.45) is 33.9. The second-order valence-electron chi connectivity index (χ2n) is 15.5. The van der Waals surface area contributed by atoms with Crippen molar-refractivity contribution in [3.8, 4) is 0 Å². The number of para-hydroxylation sites is 1. The molecule has 0 amide bonds. The monoisotopic (exact) mass is 661 g/mol.